The summed E-state index contributed by atoms with van der Waals surface area (Å²) < 4.78 is 10.6. The van der Waals surface area contributed by atoms with Gasteiger partial charge in [-0.15, -0.1) is 11.3 Å². The third-order valence-corrected chi connectivity index (χ3v) is 5.40. The summed E-state index contributed by atoms with van der Waals surface area (Å²) in [6.07, 6.45) is 2.61. The molecule has 29 heavy (non-hydrogen) atoms. The summed E-state index contributed by atoms with van der Waals surface area (Å²) >= 11 is 1.54. The largest absolute Gasteiger partial charge is 0.467 e. The quantitative estimate of drug-likeness (QED) is 0.458. The van der Waals surface area contributed by atoms with Crippen LogP contribution in [0, 0.1) is 0 Å². The number of amides is 1. The lowest BCUT2D eigenvalue weighted by atomic mass is 10.1. The van der Waals surface area contributed by atoms with Crippen molar-refractivity contribution < 1.29 is 23.5 Å². The van der Waals surface area contributed by atoms with Gasteiger partial charge in [-0.25, -0.2) is 9.80 Å². The number of hydrogen-bond acceptors (Lipinski definition) is 7. The highest BCUT2D eigenvalue weighted by atomic mass is 32.1. The van der Waals surface area contributed by atoms with Crippen molar-refractivity contribution in [2.45, 2.75) is 12.5 Å². The molecule has 1 amide bonds. The van der Waals surface area contributed by atoms with E-state index in [1.54, 1.807) is 24.3 Å². The molecule has 8 heteroatoms. The molecule has 2 aromatic heterocycles. The highest BCUT2D eigenvalue weighted by molar-refractivity contribution is 7.12. The van der Waals surface area contributed by atoms with Crippen molar-refractivity contribution in [3.63, 3.8) is 0 Å². The van der Waals surface area contributed by atoms with E-state index in [-0.39, 0.29) is 11.1 Å². The number of nitrogens with zero attached hydrogens (tertiary/aromatic N) is 2. The first-order valence-electron chi connectivity index (χ1n) is 8.85. The van der Waals surface area contributed by atoms with Crippen molar-refractivity contribution in [3.05, 3.63) is 81.9 Å². The molecule has 1 aliphatic heterocycles. The highest BCUT2D eigenvalue weighted by Crippen LogP contribution is 2.34. The van der Waals surface area contributed by atoms with Crippen molar-refractivity contribution in [3.8, 4) is 0 Å². The zero-order valence-electron chi connectivity index (χ0n) is 15.2. The zero-order chi connectivity index (χ0) is 20.2. The Labute approximate surface area is 170 Å². The minimum atomic E-state index is -0.739. The fourth-order valence-corrected chi connectivity index (χ4v) is 3.81. The number of ether oxygens (including phenoxy) is 1. The van der Waals surface area contributed by atoms with E-state index in [4.69, 9.17) is 9.15 Å². The molecule has 1 aliphatic rings. The topological polar surface area (TPSA) is 89.2 Å². The van der Waals surface area contributed by atoms with Crippen LogP contribution in [0.3, 0.4) is 0 Å². The summed E-state index contributed by atoms with van der Waals surface area (Å²) in [4.78, 5) is 37.1. The lowest BCUT2D eigenvalue weighted by Crippen LogP contribution is -2.31. The first-order valence-corrected chi connectivity index (χ1v) is 9.73. The average Bonchev–Trinajstić information content (AvgIpc) is 3.51. The van der Waals surface area contributed by atoms with Crippen LogP contribution in [0.5, 0.6) is 0 Å². The van der Waals surface area contributed by atoms with Crippen LogP contribution in [0.1, 0.15) is 43.8 Å². The fourth-order valence-electron chi connectivity index (χ4n) is 3.09. The maximum atomic E-state index is 12.8. The van der Waals surface area contributed by atoms with Gasteiger partial charge in [0.1, 0.15) is 11.8 Å². The molecular formula is C21H16N2O5S. The van der Waals surface area contributed by atoms with E-state index in [0.717, 1.165) is 10.6 Å². The molecule has 146 valence electrons. The van der Waals surface area contributed by atoms with Gasteiger partial charge in [0.2, 0.25) is 0 Å². The smallest absolute Gasteiger partial charge is 0.339 e. The minimum Gasteiger partial charge on any atom is -0.467 e. The predicted octanol–water partition coefficient (Wildman–Crippen LogP) is 3.69. The number of carbonyl (C=O) groups excluding carboxylic acids is 3. The number of esters is 1. The van der Waals surface area contributed by atoms with Gasteiger partial charge in [-0.1, -0.05) is 24.3 Å². The number of rotatable bonds is 6. The van der Waals surface area contributed by atoms with E-state index < -0.39 is 24.5 Å². The summed E-state index contributed by atoms with van der Waals surface area (Å²) in [6.45, 7) is -0.496. The third kappa shape index (κ3) is 3.88. The van der Waals surface area contributed by atoms with E-state index in [2.05, 4.69) is 5.10 Å². The normalized spacial score (nSPS) is 15.8. The van der Waals surface area contributed by atoms with E-state index in [9.17, 15) is 14.4 Å². The average molecular weight is 408 g/mol. The van der Waals surface area contributed by atoms with Crippen molar-refractivity contribution in [1.29, 1.82) is 0 Å². The Balaban J connectivity index is 1.50. The molecule has 0 saturated carbocycles. The van der Waals surface area contributed by atoms with Crippen LogP contribution in [0.15, 0.2) is 69.7 Å². The van der Waals surface area contributed by atoms with E-state index in [0.29, 0.717) is 18.5 Å². The lowest BCUT2D eigenvalue weighted by Gasteiger charge is -2.19. The summed E-state index contributed by atoms with van der Waals surface area (Å²) in [5.74, 6) is -0.613. The Morgan fingerprint density at radius 1 is 1.21 bits per heavy atom. The first kappa shape index (κ1) is 18.8. The standard InChI is InChI=1S/C21H16N2O5S/c24-12-14-5-1-2-6-15(14)21(26)28-13-20(25)23-17(18-7-3-9-27-18)11-16(22-23)19-8-4-10-29-19/h1-10,12,17H,11,13H2/t17-/m1/s1. The molecule has 0 unspecified atom stereocenters. The molecule has 3 heterocycles. The number of thiophene rings is 1. The Morgan fingerprint density at radius 3 is 2.79 bits per heavy atom. The molecule has 0 N–H and O–H groups in total. The van der Waals surface area contributed by atoms with Gasteiger partial charge in [0.25, 0.3) is 5.91 Å². The molecule has 7 nitrogen and oxygen atoms in total. The molecular weight excluding hydrogens is 392 g/mol. The number of benzene rings is 1. The molecule has 0 radical (unpaired) electrons. The van der Waals surface area contributed by atoms with Gasteiger partial charge >= 0.3 is 5.97 Å². The van der Waals surface area contributed by atoms with Gasteiger partial charge in [0, 0.05) is 12.0 Å². The fraction of sp³-hybridized carbons (Fsp3) is 0.143. The predicted molar refractivity (Wildman–Crippen MR) is 106 cm³/mol. The highest BCUT2D eigenvalue weighted by Gasteiger charge is 2.35. The summed E-state index contributed by atoms with van der Waals surface area (Å²) in [5, 5.41) is 7.70. The van der Waals surface area contributed by atoms with Crippen molar-refractivity contribution in [2.24, 2.45) is 5.10 Å². The second-order valence-electron chi connectivity index (χ2n) is 6.28. The number of hydrazone groups is 1. The molecule has 0 saturated heterocycles. The third-order valence-electron chi connectivity index (χ3n) is 4.48. The van der Waals surface area contributed by atoms with Gasteiger partial charge in [-0.3, -0.25) is 9.59 Å². The van der Waals surface area contributed by atoms with Crippen LogP contribution in [-0.4, -0.2) is 35.5 Å². The van der Waals surface area contributed by atoms with Crippen molar-refractivity contribution in [2.75, 3.05) is 6.61 Å². The van der Waals surface area contributed by atoms with Crippen LogP contribution in [0.2, 0.25) is 0 Å². The Kier molecular flexibility index (Phi) is 5.35. The Morgan fingerprint density at radius 2 is 2.07 bits per heavy atom. The summed E-state index contributed by atoms with van der Waals surface area (Å²) in [5.41, 5.74) is 1.09. The Hall–Kier alpha value is -3.52. The number of carbonyl (C=O) groups is 3. The maximum Gasteiger partial charge on any atom is 0.339 e. The van der Waals surface area contributed by atoms with Crippen LogP contribution in [0.4, 0.5) is 0 Å². The SMILES string of the molecule is O=Cc1ccccc1C(=O)OCC(=O)N1N=C(c2cccs2)C[C@@H]1c1ccco1. The molecule has 1 aromatic carbocycles. The van der Waals surface area contributed by atoms with E-state index in [1.807, 2.05) is 17.5 Å². The van der Waals surface area contributed by atoms with Gasteiger partial charge in [0.15, 0.2) is 12.9 Å². The van der Waals surface area contributed by atoms with Gasteiger partial charge in [0.05, 0.1) is 22.4 Å². The van der Waals surface area contributed by atoms with Crippen LogP contribution in [0.25, 0.3) is 0 Å². The second-order valence-corrected chi connectivity index (χ2v) is 7.23. The second kappa shape index (κ2) is 8.24. The first-order chi connectivity index (χ1) is 14.2. The summed E-state index contributed by atoms with van der Waals surface area (Å²) in [7, 11) is 0. The molecule has 0 bridgehead atoms. The molecule has 0 spiro atoms. The Bertz CT molecular complexity index is 1060. The van der Waals surface area contributed by atoms with Gasteiger partial charge < -0.3 is 9.15 Å². The molecule has 0 fully saturated rings. The number of furan rings is 1. The zero-order valence-corrected chi connectivity index (χ0v) is 16.0. The van der Waals surface area contributed by atoms with Gasteiger partial charge in [-0.05, 0) is 29.6 Å². The van der Waals surface area contributed by atoms with E-state index >= 15 is 0 Å². The molecule has 0 aliphatic carbocycles. The number of aldehydes is 1. The van der Waals surface area contributed by atoms with Crippen LogP contribution >= 0.6 is 11.3 Å². The van der Waals surface area contributed by atoms with Crippen LogP contribution < -0.4 is 0 Å². The molecule has 4 rings (SSSR count). The lowest BCUT2D eigenvalue weighted by molar-refractivity contribution is -0.136. The van der Waals surface area contributed by atoms with Crippen molar-refractivity contribution >= 4 is 35.2 Å². The van der Waals surface area contributed by atoms with Crippen LogP contribution in [-0.2, 0) is 9.53 Å². The molecule has 3 aromatic rings. The monoisotopic (exact) mass is 408 g/mol. The van der Waals surface area contributed by atoms with E-state index in [1.165, 1.54) is 34.7 Å². The van der Waals surface area contributed by atoms with Crippen molar-refractivity contribution in [1.82, 2.24) is 5.01 Å². The number of hydrogen-bond donors (Lipinski definition) is 0. The van der Waals surface area contributed by atoms with Gasteiger partial charge in [-0.2, -0.15) is 5.10 Å². The minimum absolute atomic E-state index is 0.113. The maximum absolute atomic E-state index is 12.8. The molecule has 1 atom stereocenters. The summed E-state index contributed by atoms with van der Waals surface area (Å²) in [6, 6.07) is 13.2.